The topological polar surface area (TPSA) is 0 Å². The zero-order chi connectivity index (χ0) is 4.28. The second-order valence-corrected chi connectivity index (χ2v) is 1.62. The monoisotopic (exact) mass is 169 g/mol. The summed E-state index contributed by atoms with van der Waals surface area (Å²) in [5, 5.41) is 0. The van der Waals surface area contributed by atoms with Crippen LogP contribution in [0.1, 0.15) is 0 Å². The molecule has 0 saturated heterocycles. The molecule has 0 aliphatic rings. The van der Waals surface area contributed by atoms with Crippen LogP contribution in [0.25, 0.3) is 0 Å². The largest absolute Gasteiger partial charge is 1.00 e. The third-order valence-electron chi connectivity index (χ3n) is 0.0825. The van der Waals surface area contributed by atoms with Crippen LogP contribution in [0, 0.1) is 0 Å². The van der Waals surface area contributed by atoms with E-state index in [2.05, 4.69) is 0 Å². The molecule has 0 rings (SSSR count). The number of hydrogen-bond acceptors (Lipinski definition) is 0. The molecular weight excluding hydrogens is 169 g/mol. The van der Waals surface area contributed by atoms with E-state index in [1.54, 1.807) is 0 Å². The van der Waals surface area contributed by atoms with Crippen LogP contribution in [0.15, 0.2) is 10.0 Å². The Morgan fingerprint density at radius 1 is 1.33 bits per heavy atom. The second kappa shape index (κ2) is 7.25. The molecule has 0 amide bonds. The predicted octanol–water partition coefficient (Wildman–Crippen LogP) is -0.494. The van der Waals surface area contributed by atoms with Crippen molar-refractivity contribution in [3.63, 3.8) is 0 Å². The van der Waals surface area contributed by atoms with E-state index in [-0.39, 0.29) is 55.9 Å². The molecule has 0 fully saturated rings. The summed E-state index contributed by atoms with van der Waals surface area (Å²) in [4.78, 5) is 0. The van der Waals surface area contributed by atoms with E-state index >= 15 is 0 Å². The average Bonchev–Trinajstić information content (AvgIpc) is 1.38. The SMILES string of the molecule is ClC=C(Cl)Cl.[K+]. The van der Waals surface area contributed by atoms with E-state index in [4.69, 9.17) is 34.8 Å². The van der Waals surface area contributed by atoms with Gasteiger partial charge in [-0.1, -0.05) is 34.8 Å². The molecule has 0 N–H and O–H groups in total. The fourth-order valence-electron chi connectivity index (χ4n) is 0. The molecule has 0 aliphatic carbocycles. The smallest absolute Gasteiger partial charge is 0.0904 e. The molecule has 0 radical (unpaired) electrons. The van der Waals surface area contributed by atoms with Gasteiger partial charge in [0.15, 0.2) is 0 Å². The molecule has 0 aromatic heterocycles. The summed E-state index contributed by atoms with van der Waals surface area (Å²) in [5.41, 5.74) is 1.09. The van der Waals surface area contributed by atoms with Crippen molar-refractivity contribution >= 4 is 34.8 Å². The van der Waals surface area contributed by atoms with Gasteiger partial charge in [-0.25, -0.2) is 0 Å². The van der Waals surface area contributed by atoms with Crippen molar-refractivity contribution in [2.24, 2.45) is 0 Å². The summed E-state index contributed by atoms with van der Waals surface area (Å²) in [6, 6.07) is 0. The van der Waals surface area contributed by atoms with Crippen LogP contribution >= 0.6 is 34.8 Å². The first-order chi connectivity index (χ1) is 2.27. The van der Waals surface area contributed by atoms with Crippen molar-refractivity contribution in [2.45, 2.75) is 0 Å². The van der Waals surface area contributed by atoms with Gasteiger partial charge in [0.05, 0.1) is 0 Å². The third-order valence-corrected chi connectivity index (χ3v) is 0.742. The Balaban J connectivity index is 0. The first kappa shape index (κ1) is 11.1. The second-order valence-electron chi connectivity index (χ2n) is 0.399. The van der Waals surface area contributed by atoms with Gasteiger partial charge in [0.2, 0.25) is 0 Å². The predicted molar refractivity (Wildman–Crippen MR) is 25.6 cm³/mol. The minimum absolute atomic E-state index is 0. The quantitative estimate of drug-likeness (QED) is 0.430. The first-order valence-corrected chi connectivity index (χ1v) is 2.08. The Kier molecular flexibility index (Phi) is 13.4. The molecule has 0 bridgehead atoms. The van der Waals surface area contributed by atoms with E-state index < -0.39 is 0 Å². The van der Waals surface area contributed by atoms with E-state index in [1.807, 2.05) is 0 Å². The zero-order valence-electron chi connectivity index (χ0n) is 3.21. The zero-order valence-corrected chi connectivity index (χ0v) is 8.60. The number of halogens is 3. The van der Waals surface area contributed by atoms with Crippen molar-refractivity contribution in [1.29, 1.82) is 0 Å². The van der Waals surface area contributed by atoms with Crippen molar-refractivity contribution < 1.29 is 51.4 Å². The molecule has 6 heavy (non-hydrogen) atoms. The minimum atomic E-state index is 0. The fraction of sp³-hybridized carbons (Fsp3) is 0. The fourth-order valence-corrected chi connectivity index (χ4v) is 0. The molecule has 30 valence electrons. The molecule has 0 spiro atoms. The molecule has 0 unspecified atom stereocenters. The molecule has 0 atom stereocenters. The third kappa shape index (κ3) is 9.53. The van der Waals surface area contributed by atoms with Gasteiger partial charge >= 0.3 is 51.4 Å². The van der Waals surface area contributed by atoms with Crippen LogP contribution in [0.2, 0.25) is 0 Å². The van der Waals surface area contributed by atoms with E-state index in [0.29, 0.717) is 0 Å². The van der Waals surface area contributed by atoms with Gasteiger partial charge in [0.1, 0.15) is 4.49 Å². The Bertz CT molecular complexity index is 46.8. The van der Waals surface area contributed by atoms with Crippen LogP contribution < -0.4 is 51.4 Å². The van der Waals surface area contributed by atoms with Gasteiger partial charge in [-0.15, -0.1) is 0 Å². The maximum atomic E-state index is 4.96. The van der Waals surface area contributed by atoms with Crippen LogP contribution in [0.3, 0.4) is 0 Å². The number of rotatable bonds is 0. The van der Waals surface area contributed by atoms with Crippen molar-refractivity contribution in [1.82, 2.24) is 0 Å². The van der Waals surface area contributed by atoms with E-state index in [0.717, 1.165) is 5.54 Å². The molecule has 0 saturated carbocycles. The maximum Gasteiger partial charge on any atom is 1.00 e. The summed E-state index contributed by atoms with van der Waals surface area (Å²) in [6.45, 7) is 0. The summed E-state index contributed by atoms with van der Waals surface area (Å²) in [5.74, 6) is 0. The standard InChI is InChI=1S/C2HCl3.K/c3-1-2(4)5;/h1H;/q;+1. The molecule has 0 heterocycles. The van der Waals surface area contributed by atoms with Gasteiger partial charge in [0.25, 0.3) is 0 Å². The van der Waals surface area contributed by atoms with Crippen molar-refractivity contribution in [2.75, 3.05) is 0 Å². The summed E-state index contributed by atoms with van der Waals surface area (Å²) < 4.78 is 0.0895. The molecule has 4 heteroatoms. The van der Waals surface area contributed by atoms with Crippen LogP contribution in [0.4, 0.5) is 0 Å². The molecule has 0 nitrogen and oxygen atoms in total. The van der Waals surface area contributed by atoms with E-state index in [9.17, 15) is 0 Å². The Morgan fingerprint density at radius 2 is 1.50 bits per heavy atom. The van der Waals surface area contributed by atoms with Gasteiger partial charge < -0.3 is 0 Å². The molecule has 0 aromatic carbocycles. The average molecular weight is 170 g/mol. The van der Waals surface area contributed by atoms with E-state index in [1.165, 1.54) is 0 Å². The Hall–Kier alpha value is 2.25. The van der Waals surface area contributed by atoms with Gasteiger partial charge in [-0.3, -0.25) is 0 Å². The number of hydrogen-bond donors (Lipinski definition) is 0. The summed E-state index contributed by atoms with van der Waals surface area (Å²) in [7, 11) is 0. The normalized spacial score (nSPS) is 5.83. The first-order valence-electron chi connectivity index (χ1n) is 0.885. The van der Waals surface area contributed by atoms with Gasteiger partial charge in [0, 0.05) is 5.54 Å². The Labute approximate surface area is 94.2 Å². The van der Waals surface area contributed by atoms with Crippen molar-refractivity contribution in [3.05, 3.63) is 10.0 Å². The molecule has 0 aliphatic heterocycles. The van der Waals surface area contributed by atoms with Gasteiger partial charge in [-0.05, 0) is 0 Å². The molecular formula is C2HCl3K+. The summed E-state index contributed by atoms with van der Waals surface area (Å²) >= 11 is 14.8. The molecule has 0 aromatic rings. The van der Waals surface area contributed by atoms with Crippen molar-refractivity contribution in [3.8, 4) is 0 Å². The maximum absolute atomic E-state index is 4.96. The van der Waals surface area contributed by atoms with Crippen LogP contribution in [0.5, 0.6) is 0 Å². The Morgan fingerprint density at radius 3 is 1.50 bits per heavy atom. The summed E-state index contributed by atoms with van der Waals surface area (Å²) in [6.07, 6.45) is 0. The van der Waals surface area contributed by atoms with Gasteiger partial charge in [-0.2, -0.15) is 0 Å². The minimum Gasteiger partial charge on any atom is -0.0904 e. The van der Waals surface area contributed by atoms with Crippen LogP contribution in [-0.2, 0) is 0 Å². The van der Waals surface area contributed by atoms with Crippen LogP contribution in [-0.4, -0.2) is 0 Å².